The zero-order valence-electron chi connectivity index (χ0n) is 12.2. The van der Waals surface area contributed by atoms with Crippen molar-refractivity contribution in [1.29, 1.82) is 0 Å². The number of aryl methyl sites for hydroxylation is 1. The Balaban J connectivity index is 2.34. The molecule has 112 valence electrons. The number of nitrogens with zero attached hydrogens (tertiary/aromatic N) is 1. The normalized spacial score (nSPS) is 23.4. The fourth-order valence-electron chi connectivity index (χ4n) is 2.66. The minimum Gasteiger partial charge on any atom is -0.377 e. The van der Waals surface area contributed by atoms with Gasteiger partial charge in [-0.2, -0.15) is 4.31 Å². The van der Waals surface area contributed by atoms with Crippen molar-refractivity contribution in [2.75, 3.05) is 13.7 Å². The van der Waals surface area contributed by atoms with Gasteiger partial charge in [0.05, 0.1) is 17.0 Å². The second-order valence-corrected chi connectivity index (χ2v) is 7.22. The van der Waals surface area contributed by atoms with Gasteiger partial charge in [-0.15, -0.1) is 0 Å². The van der Waals surface area contributed by atoms with Gasteiger partial charge in [-0.1, -0.05) is 12.1 Å². The summed E-state index contributed by atoms with van der Waals surface area (Å²) >= 11 is 0. The average Bonchev–Trinajstić information content (AvgIpc) is 2.83. The van der Waals surface area contributed by atoms with E-state index in [0.29, 0.717) is 18.0 Å². The van der Waals surface area contributed by atoms with Crippen molar-refractivity contribution in [3.63, 3.8) is 0 Å². The lowest BCUT2D eigenvalue weighted by Gasteiger charge is -2.26. The molecule has 6 heteroatoms. The largest absolute Gasteiger partial charge is 0.377 e. The maximum absolute atomic E-state index is 12.7. The molecule has 0 aliphatic carbocycles. The molecule has 2 unspecified atom stereocenters. The van der Waals surface area contributed by atoms with E-state index in [2.05, 4.69) is 0 Å². The van der Waals surface area contributed by atoms with Crippen molar-refractivity contribution in [2.24, 2.45) is 5.73 Å². The summed E-state index contributed by atoms with van der Waals surface area (Å²) in [7, 11) is -1.87. The van der Waals surface area contributed by atoms with E-state index < -0.39 is 10.0 Å². The minimum atomic E-state index is -3.50. The van der Waals surface area contributed by atoms with Crippen LogP contribution in [0.3, 0.4) is 0 Å². The Labute approximate surface area is 120 Å². The summed E-state index contributed by atoms with van der Waals surface area (Å²) in [6, 6.07) is 5.13. The van der Waals surface area contributed by atoms with Gasteiger partial charge in [-0.25, -0.2) is 8.42 Å². The van der Waals surface area contributed by atoms with Crippen LogP contribution >= 0.6 is 0 Å². The number of ether oxygens (including phenoxy) is 1. The molecule has 2 N–H and O–H groups in total. The molecule has 0 saturated carbocycles. The molecule has 1 aliphatic rings. The van der Waals surface area contributed by atoms with E-state index in [1.54, 1.807) is 26.1 Å². The summed E-state index contributed by atoms with van der Waals surface area (Å²) in [6.45, 7) is 4.73. The van der Waals surface area contributed by atoms with Crippen molar-refractivity contribution < 1.29 is 13.2 Å². The van der Waals surface area contributed by atoms with Crippen molar-refractivity contribution in [3.05, 3.63) is 29.3 Å². The lowest BCUT2D eigenvalue weighted by atomic mass is 10.1. The monoisotopic (exact) mass is 298 g/mol. The highest BCUT2D eigenvalue weighted by molar-refractivity contribution is 7.89. The lowest BCUT2D eigenvalue weighted by molar-refractivity contribution is 0.102. The second kappa shape index (κ2) is 5.81. The van der Waals surface area contributed by atoms with Crippen molar-refractivity contribution in [1.82, 2.24) is 4.31 Å². The van der Waals surface area contributed by atoms with Crippen LogP contribution in [-0.2, 0) is 21.3 Å². The molecule has 1 aliphatic heterocycles. The Kier molecular flexibility index (Phi) is 4.49. The summed E-state index contributed by atoms with van der Waals surface area (Å²) in [5, 5.41) is 0. The smallest absolute Gasteiger partial charge is 0.243 e. The molecule has 2 atom stereocenters. The van der Waals surface area contributed by atoms with Crippen LogP contribution in [0.1, 0.15) is 24.5 Å². The summed E-state index contributed by atoms with van der Waals surface area (Å²) < 4.78 is 32.3. The number of hydrogen-bond donors (Lipinski definition) is 1. The SMILES string of the molecule is Cc1cc(CN)ccc1S(=O)(=O)N(C)C1CCOC1C. The molecule has 2 rings (SSSR count). The van der Waals surface area contributed by atoms with E-state index in [-0.39, 0.29) is 12.1 Å². The van der Waals surface area contributed by atoms with E-state index in [0.717, 1.165) is 17.5 Å². The van der Waals surface area contributed by atoms with Crippen LogP contribution in [0.2, 0.25) is 0 Å². The van der Waals surface area contributed by atoms with Gasteiger partial charge in [-0.05, 0) is 37.5 Å². The number of hydrogen-bond acceptors (Lipinski definition) is 4. The molecule has 0 bridgehead atoms. The van der Waals surface area contributed by atoms with Crippen LogP contribution in [0.25, 0.3) is 0 Å². The van der Waals surface area contributed by atoms with Gasteiger partial charge in [0, 0.05) is 20.2 Å². The van der Waals surface area contributed by atoms with Crippen LogP contribution in [0.5, 0.6) is 0 Å². The molecule has 1 aromatic carbocycles. The third-order valence-corrected chi connectivity index (χ3v) is 5.98. The summed E-state index contributed by atoms with van der Waals surface area (Å²) in [6.07, 6.45) is 0.662. The standard InChI is InChI=1S/C14H22N2O3S/c1-10-8-12(9-15)4-5-14(10)20(17,18)16(3)13-6-7-19-11(13)2/h4-5,8,11,13H,6-7,9,15H2,1-3H3. The first-order chi connectivity index (χ1) is 9.37. The molecule has 0 aromatic heterocycles. The molecule has 0 radical (unpaired) electrons. The molecular formula is C14H22N2O3S. The van der Waals surface area contributed by atoms with E-state index in [1.807, 2.05) is 13.0 Å². The molecule has 5 nitrogen and oxygen atoms in total. The quantitative estimate of drug-likeness (QED) is 0.908. The fraction of sp³-hybridized carbons (Fsp3) is 0.571. The second-order valence-electron chi connectivity index (χ2n) is 5.26. The highest BCUT2D eigenvalue weighted by atomic mass is 32.2. The molecular weight excluding hydrogens is 276 g/mol. The number of rotatable bonds is 4. The van der Waals surface area contributed by atoms with E-state index in [9.17, 15) is 8.42 Å². The van der Waals surface area contributed by atoms with Crippen LogP contribution in [0.15, 0.2) is 23.1 Å². The van der Waals surface area contributed by atoms with Gasteiger partial charge >= 0.3 is 0 Å². The molecule has 20 heavy (non-hydrogen) atoms. The van der Waals surface area contributed by atoms with E-state index in [4.69, 9.17) is 10.5 Å². The topological polar surface area (TPSA) is 72.6 Å². The van der Waals surface area contributed by atoms with Gasteiger partial charge < -0.3 is 10.5 Å². The Morgan fingerprint density at radius 1 is 1.45 bits per heavy atom. The lowest BCUT2D eigenvalue weighted by Crippen LogP contribution is -2.41. The van der Waals surface area contributed by atoms with E-state index >= 15 is 0 Å². The fourth-order valence-corrected chi connectivity index (χ4v) is 4.31. The predicted octanol–water partition coefficient (Wildman–Crippen LogP) is 1.25. The number of likely N-dealkylation sites (N-methyl/N-ethyl adjacent to an activating group) is 1. The van der Waals surface area contributed by atoms with Crippen LogP contribution < -0.4 is 5.73 Å². The van der Waals surface area contributed by atoms with Crippen molar-refractivity contribution >= 4 is 10.0 Å². The zero-order valence-corrected chi connectivity index (χ0v) is 13.0. The van der Waals surface area contributed by atoms with Gasteiger partial charge in [0.25, 0.3) is 0 Å². The van der Waals surface area contributed by atoms with Crippen LogP contribution in [-0.4, -0.2) is 38.5 Å². The van der Waals surface area contributed by atoms with Crippen LogP contribution in [0.4, 0.5) is 0 Å². The van der Waals surface area contributed by atoms with Gasteiger partial charge in [-0.3, -0.25) is 0 Å². The molecule has 1 saturated heterocycles. The molecule has 1 heterocycles. The highest BCUT2D eigenvalue weighted by Gasteiger charge is 2.35. The highest BCUT2D eigenvalue weighted by Crippen LogP contribution is 2.26. The van der Waals surface area contributed by atoms with Gasteiger partial charge in [0.15, 0.2) is 0 Å². The summed E-state index contributed by atoms with van der Waals surface area (Å²) in [4.78, 5) is 0.344. The number of sulfonamides is 1. The van der Waals surface area contributed by atoms with Gasteiger partial charge in [0.1, 0.15) is 0 Å². The van der Waals surface area contributed by atoms with Gasteiger partial charge in [0.2, 0.25) is 10.0 Å². The maximum Gasteiger partial charge on any atom is 0.243 e. The summed E-state index contributed by atoms with van der Waals surface area (Å²) in [5.74, 6) is 0. The summed E-state index contributed by atoms with van der Waals surface area (Å²) in [5.41, 5.74) is 7.24. The third kappa shape index (κ3) is 2.74. The first-order valence-corrected chi connectivity index (χ1v) is 8.21. The van der Waals surface area contributed by atoms with Crippen molar-refractivity contribution in [3.8, 4) is 0 Å². The first-order valence-electron chi connectivity index (χ1n) is 6.77. The number of benzene rings is 1. The Bertz CT molecular complexity index is 586. The zero-order chi connectivity index (χ0) is 14.9. The number of nitrogens with two attached hydrogens (primary N) is 1. The Morgan fingerprint density at radius 3 is 2.65 bits per heavy atom. The Hall–Kier alpha value is -0.950. The van der Waals surface area contributed by atoms with Crippen molar-refractivity contribution in [2.45, 2.75) is 43.9 Å². The molecule has 0 spiro atoms. The maximum atomic E-state index is 12.7. The molecule has 0 amide bonds. The molecule has 1 fully saturated rings. The third-order valence-electron chi connectivity index (χ3n) is 3.94. The van der Waals surface area contributed by atoms with Crippen LogP contribution in [0, 0.1) is 6.92 Å². The minimum absolute atomic E-state index is 0.0709. The molecule has 1 aromatic rings. The average molecular weight is 298 g/mol. The predicted molar refractivity (Wildman–Crippen MR) is 77.8 cm³/mol. The Morgan fingerprint density at radius 2 is 2.15 bits per heavy atom. The first kappa shape index (κ1) is 15.4. The van der Waals surface area contributed by atoms with E-state index in [1.165, 1.54) is 4.31 Å².